The van der Waals surface area contributed by atoms with Crippen molar-refractivity contribution in [3.05, 3.63) is 68.6 Å². The summed E-state index contributed by atoms with van der Waals surface area (Å²) in [6.07, 6.45) is 0.813. The predicted octanol–water partition coefficient (Wildman–Crippen LogP) is 5.16. The van der Waals surface area contributed by atoms with Crippen LogP contribution in [0.4, 0.5) is 0 Å². The third kappa shape index (κ3) is 4.39. The first-order valence-electron chi connectivity index (χ1n) is 7.34. The Morgan fingerprint density at radius 3 is 1.52 bits per heavy atom. The highest BCUT2D eigenvalue weighted by Gasteiger charge is 2.40. The number of rotatable bonds is 6. The highest BCUT2D eigenvalue weighted by molar-refractivity contribution is 9.10. The molecule has 0 aromatic heterocycles. The molecule has 0 aliphatic heterocycles. The fourth-order valence-corrected chi connectivity index (χ4v) is 3.69. The van der Waals surface area contributed by atoms with Gasteiger partial charge in [0.15, 0.2) is 0 Å². The van der Waals surface area contributed by atoms with Gasteiger partial charge in [0.25, 0.3) is 0 Å². The molecule has 0 spiro atoms. The second-order valence-electron chi connectivity index (χ2n) is 5.81. The summed E-state index contributed by atoms with van der Waals surface area (Å²) in [5.41, 5.74) is 0.918. The summed E-state index contributed by atoms with van der Waals surface area (Å²) in [6.45, 7) is 3.02. The molecule has 2 aromatic rings. The number of halogens is 2. The average molecular weight is 438 g/mol. The average Bonchev–Trinajstić information content (AvgIpc) is 2.46. The molecule has 23 heavy (non-hydrogen) atoms. The maximum atomic E-state index is 12.4. The molecule has 2 rings (SSSR count). The normalized spacial score (nSPS) is 11.3. The molecule has 0 atom stereocenters. The lowest BCUT2D eigenvalue weighted by atomic mass is 9.71. The van der Waals surface area contributed by atoms with E-state index in [1.165, 1.54) is 13.8 Å². The molecule has 0 unspecified atom stereocenters. The minimum Gasteiger partial charge on any atom is -0.299 e. The van der Waals surface area contributed by atoms with Gasteiger partial charge in [-0.2, -0.15) is 0 Å². The van der Waals surface area contributed by atoms with Crippen molar-refractivity contribution < 1.29 is 9.59 Å². The lowest BCUT2D eigenvalue weighted by Gasteiger charge is -2.29. The van der Waals surface area contributed by atoms with Gasteiger partial charge in [0, 0.05) is 8.95 Å². The molecule has 0 aliphatic rings. The van der Waals surface area contributed by atoms with E-state index in [4.69, 9.17) is 0 Å². The highest BCUT2D eigenvalue weighted by atomic mass is 79.9. The number of Topliss-reactive ketones (excluding diaryl/α,β-unsaturated/α-hetero) is 2. The minimum atomic E-state index is -1.03. The standard InChI is InChI=1S/C19H18Br2O2/c1-13(22)19(14(2)23,11-15-5-3-7-17(20)9-15)12-16-6-4-8-18(21)10-16/h3-10H,11-12H2,1-2H3. The van der Waals surface area contributed by atoms with Gasteiger partial charge >= 0.3 is 0 Å². The molecular formula is C19H18Br2O2. The zero-order chi connectivity index (χ0) is 17.0. The zero-order valence-electron chi connectivity index (χ0n) is 13.1. The summed E-state index contributed by atoms with van der Waals surface area (Å²) < 4.78 is 1.89. The van der Waals surface area contributed by atoms with Crippen molar-refractivity contribution in [1.29, 1.82) is 0 Å². The van der Waals surface area contributed by atoms with E-state index < -0.39 is 5.41 Å². The molecule has 0 bridgehead atoms. The van der Waals surface area contributed by atoms with Gasteiger partial charge in [0.05, 0.1) is 5.41 Å². The molecule has 2 nitrogen and oxygen atoms in total. The molecule has 2 aromatic carbocycles. The fourth-order valence-electron chi connectivity index (χ4n) is 2.80. The predicted molar refractivity (Wildman–Crippen MR) is 99.5 cm³/mol. The van der Waals surface area contributed by atoms with Crippen molar-refractivity contribution in [3.63, 3.8) is 0 Å². The number of hydrogen-bond acceptors (Lipinski definition) is 2. The van der Waals surface area contributed by atoms with Crippen molar-refractivity contribution in [2.75, 3.05) is 0 Å². The van der Waals surface area contributed by atoms with Gasteiger partial charge in [0.1, 0.15) is 11.6 Å². The zero-order valence-corrected chi connectivity index (χ0v) is 16.3. The summed E-state index contributed by atoms with van der Waals surface area (Å²) in [4.78, 5) is 24.9. The van der Waals surface area contributed by atoms with Gasteiger partial charge in [-0.1, -0.05) is 56.1 Å². The van der Waals surface area contributed by atoms with Gasteiger partial charge in [-0.05, 0) is 62.1 Å². The van der Waals surface area contributed by atoms with E-state index in [-0.39, 0.29) is 11.6 Å². The van der Waals surface area contributed by atoms with Crippen molar-refractivity contribution in [1.82, 2.24) is 0 Å². The maximum absolute atomic E-state index is 12.4. The smallest absolute Gasteiger partial charge is 0.144 e. The molecule has 0 saturated carbocycles. The lowest BCUT2D eigenvalue weighted by molar-refractivity contribution is -0.138. The summed E-state index contributed by atoms with van der Waals surface area (Å²) in [6, 6.07) is 15.5. The summed E-state index contributed by atoms with van der Waals surface area (Å²) >= 11 is 6.89. The Morgan fingerprint density at radius 2 is 1.22 bits per heavy atom. The molecule has 4 heteroatoms. The monoisotopic (exact) mass is 436 g/mol. The lowest BCUT2D eigenvalue weighted by Crippen LogP contribution is -2.41. The van der Waals surface area contributed by atoms with Crippen LogP contribution >= 0.6 is 31.9 Å². The summed E-state index contributed by atoms with van der Waals surface area (Å²) in [5.74, 6) is -0.185. The molecule has 0 N–H and O–H groups in total. The molecule has 0 saturated heterocycles. The topological polar surface area (TPSA) is 34.1 Å². The summed E-state index contributed by atoms with van der Waals surface area (Å²) in [5, 5.41) is 0. The Morgan fingerprint density at radius 1 is 0.826 bits per heavy atom. The molecule has 0 heterocycles. The van der Waals surface area contributed by atoms with Gasteiger partial charge in [-0.25, -0.2) is 0 Å². The first-order chi connectivity index (χ1) is 10.8. The summed E-state index contributed by atoms with van der Waals surface area (Å²) in [7, 11) is 0. The van der Waals surface area contributed by atoms with Crippen molar-refractivity contribution in [3.8, 4) is 0 Å². The SMILES string of the molecule is CC(=O)C(Cc1cccc(Br)c1)(Cc1cccc(Br)c1)C(C)=O. The molecule has 0 radical (unpaired) electrons. The molecule has 0 aliphatic carbocycles. The number of ketones is 2. The second kappa shape index (κ2) is 7.54. The van der Waals surface area contributed by atoms with E-state index in [1.54, 1.807) is 0 Å². The van der Waals surface area contributed by atoms with Crippen LogP contribution < -0.4 is 0 Å². The van der Waals surface area contributed by atoms with Gasteiger partial charge < -0.3 is 0 Å². The van der Waals surface area contributed by atoms with Crippen LogP contribution in [0, 0.1) is 5.41 Å². The molecule has 0 amide bonds. The van der Waals surface area contributed by atoms with Crippen LogP contribution in [0.2, 0.25) is 0 Å². The van der Waals surface area contributed by atoms with E-state index in [1.807, 2.05) is 48.5 Å². The van der Waals surface area contributed by atoms with E-state index in [0.29, 0.717) is 12.8 Å². The van der Waals surface area contributed by atoms with Crippen LogP contribution in [0.1, 0.15) is 25.0 Å². The van der Waals surface area contributed by atoms with E-state index in [0.717, 1.165) is 20.1 Å². The molecule has 0 fully saturated rings. The quantitative estimate of drug-likeness (QED) is 0.584. The van der Waals surface area contributed by atoms with Crippen LogP contribution in [0.5, 0.6) is 0 Å². The Bertz CT molecular complexity index is 674. The van der Waals surface area contributed by atoms with Gasteiger partial charge in [-0.15, -0.1) is 0 Å². The first-order valence-corrected chi connectivity index (χ1v) is 8.93. The fraction of sp³-hybridized carbons (Fsp3) is 0.263. The van der Waals surface area contributed by atoms with Crippen LogP contribution in [0.25, 0.3) is 0 Å². The van der Waals surface area contributed by atoms with E-state index >= 15 is 0 Å². The third-order valence-corrected chi connectivity index (χ3v) is 5.12. The third-order valence-electron chi connectivity index (χ3n) is 4.14. The second-order valence-corrected chi connectivity index (χ2v) is 7.64. The molecular weight excluding hydrogens is 420 g/mol. The van der Waals surface area contributed by atoms with Gasteiger partial charge in [0.2, 0.25) is 0 Å². The van der Waals surface area contributed by atoms with Crippen molar-refractivity contribution >= 4 is 43.4 Å². The first kappa shape index (κ1) is 18.1. The van der Waals surface area contributed by atoms with Crippen LogP contribution in [-0.4, -0.2) is 11.6 Å². The largest absolute Gasteiger partial charge is 0.299 e. The van der Waals surface area contributed by atoms with Crippen LogP contribution in [0.15, 0.2) is 57.5 Å². The van der Waals surface area contributed by atoms with E-state index in [9.17, 15) is 9.59 Å². The van der Waals surface area contributed by atoms with Gasteiger partial charge in [-0.3, -0.25) is 9.59 Å². The number of hydrogen-bond donors (Lipinski definition) is 0. The minimum absolute atomic E-state index is 0.0926. The van der Waals surface area contributed by atoms with Crippen LogP contribution in [0.3, 0.4) is 0 Å². The Hall–Kier alpha value is -1.26. The Kier molecular flexibility index (Phi) is 5.93. The van der Waals surface area contributed by atoms with Crippen molar-refractivity contribution in [2.24, 2.45) is 5.41 Å². The highest BCUT2D eigenvalue weighted by Crippen LogP contribution is 2.32. The Balaban J connectivity index is 2.43. The Labute approximate surface area is 153 Å². The van der Waals surface area contributed by atoms with Crippen LogP contribution in [-0.2, 0) is 22.4 Å². The molecule has 120 valence electrons. The number of benzene rings is 2. The number of carbonyl (C=O) groups excluding carboxylic acids is 2. The van der Waals surface area contributed by atoms with E-state index in [2.05, 4.69) is 31.9 Å². The van der Waals surface area contributed by atoms with Crippen molar-refractivity contribution in [2.45, 2.75) is 26.7 Å². The maximum Gasteiger partial charge on any atom is 0.144 e. The number of carbonyl (C=O) groups is 2.